The Balaban J connectivity index is 5.11. The average molecular weight is 827 g/mol. The summed E-state index contributed by atoms with van der Waals surface area (Å²) in [5.41, 5.74) is 10.6. The van der Waals surface area contributed by atoms with E-state index < -0.39 is 121 Å². The van der Waals surface area contributed by atoms with E-state index in [0.29, 0.717) is 19.4 Å². The Morgan fingerprint density at radius 2 is 0.931 bits per heavy atom. The van der Waals surface area contributed by atoms with Crippen molar-refractivity contribution in [3.05, 3.63) is 0 Å². The van der Waals surface area contributed by atoms with E-state index in [1.807, 2.05) is 13.8 Å². The summed E-state index contributed by atoms with van der Waals surface area (Å²) >= 11 is 0. The van der Waals surface area contributed by atoms with Crippen LogP contribution in [-0.4, -0.2) is 134 Å². The molecule has 0 bridgehead atoms. The normalized spacial score (nSPS) is 13.3. The van der Waals surface area contributed by atoms with Gasteiger partial charge < -0.3 is 64.6 Å². The number of hydrogen-bond acceptors (Lipinski definition) is 12. The van der Waals surface area contributed by atoms with Crippen molar-refractivity contribution in [3.63, 3.8) is 0 Å². The number of amides is 11. The lowest BCUT2D eigenvalue weighted by Gasteiger charge is -2.22. The van der Waals surface area contributed by atoms with E-state index in [1.165, 1.54) is 20.8 Å². The molecule has 23 nitrogen and oxygen atoms in total. The van der Waals surface area contributed by atoms with Gasteiger partial charge in [0.1, 0.15) is 30.2 Å². The Morgan fingerprint density at radius 3 is 1.41 bits per heavy atom. The Bertz CT molecular complexity index is 1470. The van der Waals surface area contributed by atoms with E-state index >= 15 is 0 Å². The number of primary amides is 1. The number of carbonyl (C=O) groups excluding carboxylic acids is 11. The summed E-state index contributed by atoms with van der Waals surface area (Å²) in [5.74, 6) is -7.95. The molecule has 0 aromatic heterocycles. The first-order valence-corrected chi connectivity index (χ1v) is 18.9. The summed E-state index contributed by atoms with van der Waals surface area (Å²) in [6, 6.07) is -5.48. The maximum Gasteiger partial charge on any atom is 0.243 e. The molecule has 0 fully saturated rings. The van der Waals surface area contributed by atoms with Gasteiger partial charge in [0, 0.05) is 6.92 Å². The summed E-state index contributed by atoms with van der Waals surface area (Å²) in [6.45, 7) is 8.77. The van der Waals surface area contributed by atoms with Crippen LogP contribution in [0.1, 0.15) is 74.1 Å². The molecule has 58 heavy (non-hydrogen) atoms. The molecule has 0 aromatic rings. The zero-order valence-electron chi connectivity index (χ0n) is 34.3. The molecule has 0 spiro atoms. The SMILES string of the molecule is CC(=O)NCC(=O)N[C@@H](CC(C)C)C(=O)NCC(=O)N[C@@H](C)C(=O)N[C@@H](CCCCN)C(=O)NCC(=O)N[C@@H](C)C(=O)NCC(=O)N[C@H](C(=O)NCC(N)=O)C(C)C. The van der Waals surface area contributed by atoms with Gasteiger partial charge in [0.2, 0.25) is 65.0 Å². The fraction of sp³-hybridized carbons (Fsp3) is 0.686. The number of rotatable bonds is 27. The van der Waals surface area contributed by atoms with Gasteiger partial charge in [0.05, 0.1) is 32.7 Å². The molecule has 0 aliphatic heterocycles. The molecule has 0 aliphatic carbocycles. The Morgan fingerprint density at radius 1 is 0.483 bits per heavy atom. The minimum atomic E-state index is -1.17. The van der Waals surface area contributed by atoms with Gasteiger partial charge in [-0.1, -0.05) is 27.7 Å². The quantitative estimate of drug-likeness (QED) is 0.0345. The van der Waals surface area contributed by atoms with Crippen LogP contribution in [0.3, 0.4) is 0 Å². The Kier molecular flexibility index (Phi) is 24.9. The second-order valence-corrected chi connectivity index (χ2v) is 14.2. The van der Waals surface area contributed by atoms with E-state index in [4.69, 9.17) is 11.5 Å². The molecule has 23 heteroatoms. The van der Waals surface area contributed by atoms with Gasteiger partial charge in [-0.25, -0.2) is 0 Å². The zero-order valence-corrected chi connectivity index (χ0v) is 34.3. The maximum atomic E-state index is 13.0. The molecule has 0 saturated carbocycles. The third-order valence-electron chi connectivity index (χ3n) is 7.95. The second kappa shape index (κ2) is 27.7. The van der Waals surface area contributed by atoms with Crippen molar-refractivity contribution in [2.75, 3.05) is 39.3 Å². The van der Waals surface area contributed by atoms with Crippen molar-refractivity contribution in [1.29, 1.82) is 0 Å². The highest BCUT2D eigenvalue weighted by Gasteiger charge is 2.28. The number of hydrogen-bond donors (Lipinski definition) is 12. The lowest BCUT2D eigenvalue weighted by molar-refractivity contribution is -0.133. The first-order chi connectivity index (χ1) is 27.1. The number of nitrogens with two attached hydrogens (primary N) is 2. The van der Waals surface area contributed by atoms with Crippen molar-refractivity contribution in [3.8, 4) is 0 Å². The van der Waals surface area contributed by atoms with Crippen molar-refractivity contribution in [1.82, 2.24) is 53.2 Å². The number of carbonyl (C=O) groups is 11. The summed E-state index contributed by atoms with van der Waals surface area (Å²) in [6.07, 6.45) is 1.31. The van der Waals surface area contributed by atoms with Gasteiger partial charge >= 0.3 is 0 Å². The molecule has 5 atom stereocenters. The fourth-order valence-electron chi connectivity index (χ4n) is 4.87. The van der Waals surface area contributed by atoms with Gasteiger partial charge in [-0.3, -0.25) is 52.7 Å². The van der Waals surface area contributed by atoms with Crippen molar-refractivity contribution in [2.45, 2.75) is 104 Å². The summed E-state index contributed by atoms with van der Waals surface area (Å²) in [5, 5.41) is 24.0. The van der Waals surface area contributed by atoms with Gasteiger partial charge in [-0.15, -0.1) is 0 Å². The molecule has 0 aliphatic rings. The Hall–Kier alpha value is -5.87. The number of unbranched alkanes of at least 4 members (excludes halogenated alkanes) is 1. The van der Waals surface area contributed by atoms with E-state index in [-0.39, 0.29) is 31.2 Å². The van der Waals surface area contributed by atoms with E-state index in [9.17, 15) is 52.7 Å². The van der Waals surface area contributed by atoms with Crippen LogP contribution in [0.2, 0.25) is 0 Å². The molecule has 0 heterocycles. The van der Waals surface area contributed by atoms with E-state index in [0.717, 1.165) is 0 Å². The van der Waals surface area contributed by atoms with Gasteiger partial charge in [-0.05, 0) is 57.9 Å². The van der Waals surface area contributed by atoms with Crippen molar-refractivity contribution in [2.24, 2.45) is 23.3 Å². The predicted molar refractivity (Wildman–Crippen MR) is 208 cm³/mol. The van der Waals surface area contributed by atoms with E-state index in [2.05, 4.69) is 53.2 Å². The third-order valence-corrected chi connectivity index (χ3v) is 7.95. The van der Waals surface area contributed by atoms with Gasteiger partial charge in [0.15, 0.2) is 0 Å². The Labute approximate surface area is 337 Å². The van der Waals surface area contributed by atoms with Crippen LogP contribution in [0.15, 0.2) is 0 Å². The summed E-state index contributed by atoms with van der Waals surface area (Å²) in [4.78, 5) is 135. The van der Waals surface area contributed by atoms with Crippen LogP contribution in [0.4, 0.5) is 0 Å². The molecule has 0 radical (unpaired) electrons. The number of nitrogens with one attached hydrogen (secondary N) is 10. The van der Waals surface area contributed by atoms with Crippen LogP contribution >= 0.6 is 0 Å². The average Bonchev–Trinajstić information content (AvgIpc) is 3.14. The second-order valence-electron chi connectivity index (χ2n) is 14.2. The summed E-state index contributed by atoms with van der Waals surface area (Å²) < 4.78 is 0. The standard InChI is InChI=1S/C35H62N12O11/c1-18(2)12-24(45-28(52)14-38-22(7)48)34(57)42-16-27(51)44-21(6)32(55)46-23(10-8-9-11-36)33(56)41-15-26(50)43-20(5)31(54)40-17-29(53)47-30(19(3)4)35(58)39-13-25(37)49/h18-21,23-24,30H,8-17,36H2,1-7H3,(H2,37,49)(H,38,48)(H,39,58)(H,40,54)(H,41,56)(H,42,57)(H,43,50)(H,44,51)(H,45,52)(H,46,55)(H,47,53)/t20-,21-,23-,24-,30-/m0/s1. The van der Waals surface area contributed by atoms with Gasteiger partial charge in [-0.2, -0.15) is 0 Å². The predicted octanol–water partition coefficient (Wildman–Crippen LogP) is -5.63. The highest BCUT2D eigenvalue weighted by Crippen LogP contribution is 2.06. The fourth-order valence-corrected chi connectivity index (χ4v) is 4.87. The lowest BCUT2D eigenvalue weighted by Crippen LogP contribution is -2.56. The van der Waals surface area contributed by atoms with E-state index in [1.54, 1.807) is 13.8 Å². The zero-order chi connectivity index (χ0) is 44.5. The topological polar surface area (TPSA) is 360 Å². The van der Waals surface area contributed by atoms with Crippen LogP contribution in [0.25, 0.3) is 0 Å². The monoisotopic (exact) mass is 826 g/mol. The molecule has 0 saturated heterocycles. The minimum Gasteiger partial charge on any atom is -0.368 e. The smallest absolute Gasteiger partial charge is 0.243 e. The molecule has 0 unspecified atom stereocenters. The first-order valence-electron chi connectivity index (χ1n) is 18.9. The molecule has 14 N–H and O–H groups in total. The van der Waals surface area contributed by atoms with Crippen LogP contribution < -0.4 is 64.6 Å². The van der Waals surface area contributed by atoms with Gasteiger partial charge in [0.25, 0.3) is 0 Å². The molecule has 0 aromatic carbocycles. The minimum absolute atomic E-state index is 0.00800. The molecule has 11 amide bonds. The van der Waals surface area contributed by atoms with Crippen LogP contribution in [0.5, 0.6) is 0 Å². The highest BCUT2D eigenvalue weighted by molar-refractivity contribution is 5.96. The third kappa shape index (κ3) is 23.3. The van der Waals surface area contributed by atoms with Crippen molar-refractivity contribution >= 4 is 65.0 Å². The highest BCUT2D eigenvalue weighted by atomic mass is 16.2. The first kappa shape index (κ1) is 52.1. The van der Waals surface area contributed by atoms with Crippen LogP contribution in [-0.2, 0) is 52.7 Å². The molecular formula is C35H62N12O11. The van der Waals surface area contributed by atoms with Crippen LogP contribution in [0, 0.1) is 11.8 Å². The molecule has 328 valence electrons. The summed E-state index contributed by atoms with van der Waals surface area (Å²) in [7, 11) is 0. The molecular weight excluding hydrogens is 764 g/mol. The lowest BCUT2D eigenvalue weighted by atomic mass is 10.0. The largest absolute Gasteiger partial charge is 0.368 e. The maximum absolute atomic E-state index is 13.0. The molecule has 0 rings (SSSR count). The van der Waals surface area contributed by atoms with Crippen molar-refractivity contribution < 1.29 is 52.7 Å².